The maximum atomic E-state index is 4.72. The lowest BCUT2D eigenvalue weighted by molar-refractivity contribution is 0.672. The molecule has 96 valence electrons. The molecule has 0 aliphatic heterocycles. The predicted octanol–water partition coefficient (Wildman–Crippen LogP) is 4.34. The van der Waals surface area contributed by atoms with Crippen molar-refractivity contribution >= 4 is 21.4 Å². The van der Waals surface area contributed by atoms with Crippen LogP contribution in [-0.4, -0.2) is 15.2 Å². The van der Waals surface area contributed by atoms with E-state index < -0.39 is 0 Å². The second-order valence-corrected chi connectivity index (χ2v) is 6.08. The highest BCUT2D eigenvalue weighted by atomic mass is 32.1. The smallest absolute Gasteiger partial charge is 0.182 e. The monoisotopic (exact) mass is 269 g/mol. The van der Waals surface area contributed by atoms with E-state index in [-0.39, 0.29) is 0 Å². The van der Waals surface area contributed by atoms with Crippen LogP contribution in [0.5, 0.6) is 0 Å². The molecule has 4 heteroatoms. The van der Waals surface area contributed by atoms with Gasteiger partial charge in [-0.05, 0) is 18.9 Å². The second-order valence-electron chi connectivity index (χ2n) is 5.17. The van der Waals surface area contributed by atoms with Gasteiger partial charge in [0.25, 0.3) is 0 Å². The van der Waals surface area contributed by atoms with Gasteiger partial charge in [-0.15, -0.1) is 11.3 Å². The minimum Gasteiger partial charge on any atom is -0.262 e. The van der Waals surface area contributed by atoms with Crippen molar-refractivity contribution < 1.29 is 0 Å². The number of nitrogens with zero attached hydrogens (tertiary/aromatic N) is 2. The quantitative estimate of drug-likeness (QED) is 0.751. The number of rotatable bonds is 2. The third-order valence-electron chi connectivity index (χ3n) is 3.97. The zero-order valence-corrected chi connectivity index (χ0v) is 11.4. The van der Waals surface area contributed by atoms with Crippen LogP contribution in [0.2, 0.25) is 0 Å². The highest BCUT2D eigenvalue weighted by molar-refractivity contribution is 7.17. The van der Waals surface area contributed by atoms with E-state index in [1.54, 1.807) is 11.3 Å². The molecule has 0 amide bonds. The summed E-state index contributed by atoms with van der Waals surface area (Å²) in [7, 11) is 0. The molecular weight excluding hydrogens is 254 g/mol. The standard InChI is InChI=1S/C15H15N3S/c1-2-6-10(5-1)14-16-15(18-17-14)12-9-19-13-8-4-3-7-11(12)13/h3-4,7-10H,1-2,5-6H2,(H,16,17,18). The number of benzene rings is 1. The molecule has 4 rings (SSSR count). The van der Waals surface area contributed by atoms with Gasteiger partial charge in [-0.2, -0.15) is 5.10 Å². The summed E-state index contributed by atoms with van der Waals surface area (Å²) in [6.45, 7) is 0. The van der Waals surface area contributed by atoms with E-state index in [1.165, 1.54) is 35.8 Å². The van der Waals surface area contributed by atoms with Crippen LogP contribution in [-0.2, 0) is 0 Å². The van der Waals surface area contributed by atoms with Crippen LogP contribution in [0.1, 0.15) is 37.4 Å². The minimum absolute atomic E-state index is 0.589. The predicted molar refractivity (Wildman–Crippen MR) is 78.4 cm³/mol. The summed E-state index contributed by atoms with van der Waals surface area (Å²) in [6.07, 6.45) is 5.14. The van der Waals surface area contributed by atoms with E-state index in [4.69, 9.17) is 4.98 Å². The summed E-state index contributed by atoms with van der Waals surface area (Å²) >= 11 is 1.76. The average molecular weight is 269 g/mol. The molecular formula is C15H15N3S. The van der Waals surface area contributed by atoms with Crippen LogP contribution >= 0.6 is 11.3 Å². The fourth-order valence-electron chi connectivity index (χ4n) is 2.93. The Labute approximate surface area is 115 Å². The highest BCUT2D eigenvalue weighted by Crippen LogP contribution is 2.35. The second kappa shape index (κ2) is 4.46. The van der Waals surface area contributed by atoms with E-state index in [0.717, 1.165) is 17.2 Å². The van der Waals surface area contributed by atoms with Gasteiger partial charge in [0.2, 0.25) is 0 Å². The number of nitrogens with one attached hydrogen (secondary N) is 1. The Kier molecular flexibility index (Phi) is 2.62. The number of hydrogen-bond acceptors (Lipinski definition) is 3. The van der Waals surface area contributed by atoms with Gasteiger partial charge < -0.3 is 0 Å². The Morgan fingerprint density at radius 2 is 2.00 bits per heavy atom. The van der Waals surface area contributed by atoms with E-state index in [9.17, 15) is 0 Å². The van der Waals surface area contributed by atoms with Crippen molar-refractivity contribution in [2.75, 3.05) is 0 Å². The van der Waals surface area contributed by atoms with Gasteiger partial charge in [-0.3, -0.25) is 5.10 Å². The molecule has 1 aliphatic rings. The van der Waals surface area contributed by atoms with Gasteiger partial charge in [0.05, 0.1) is 0 Å². The first-order valence-corrected chi connectivity index (χ1v) is 7.69. The summed E-state index contributed by atoms with van der Waals surface area (Å²) in [4.78, 5) is 4.72. The zero-order chi connectivity index (χ0) is 12.7. The molecule has 1 aliphatic carbocycles. The first-order valence-electron chi connectivity index (χ1n) is 6.81. The number of fused-ring (bicyclic) bond motifs is 1. The van der Waals surface area contributed by atoms with Crippen molar-refractivity contribution in [1.29, 1.82) is 0 Å². The number of H-pyrrole nitrogens is 1. The van der Waals surface area contributed by atoms with Gasteiger partial charge in [-0.1, -0.05) is 31.0 Å². The summed E-state index contributed by atoms with van der Waals surface area (Å²) in [5.41, 5.74) is 1.15. The molecule has 19 heavy (non-hydrogen) atoms. The molecule has 0 bridgehead atoms. The minimum atomic E-state index is 0.589. The zero-order valence-electron chi connectivity index (χ0n) is 10.6. The van der Waals surface area contributed by atoms with Gasteiger partial charge in [0, 0.05) is 26.9 Å². The van der Waals surface area contributed by atoms with Crippen molar-refractivity contribution in [3.63, 3.8) is 0 Å². The first-order chi connectivity index (χ1) is 9.42. The van der Waals surface area contributed by atoms with E-state index in [1.807, 2.05) is 0 Å². The van der Waals surface area contributed by atoms with Crippen molar-refractivity contribution in [1.82, 2.24) is 15.2 Å². The molecule has 1 fully saturated rings. The average Bonchev–Trinajstić information content (AvgIpc) is 3.18. The summed E-state index contributed by atoms with van der Waals surface area (Å²) in [5, 5.41) is 11.0. The molecule has 1 aromatic carbocycles. The van der Waals surface area contributed by atoms with Crippen molar-refractivity contribution in [3.8, 4) is 11.4 Å². The molecule has 0 saturated heterocycles. The number of hydrogen-bond donors (Lipinski definition) is 1. The van der Waals surface area contributed by atoms with Gasteiger partial charge >= 0.3 is 0 Å². The Morgan fingerprint density at radius 1 is 1.16 bits per heavy atom. The Hall–Kier alpha value is -1.68. The maximum Gasteiger partial charge on any atom is 0.182 e. The largest absolute Gasteiger partial charge is 0.262 e. The molecule has 2 aromatic heterocycles. The van der Waals surface area contributed by atoms with Crippen molar-refractivity contribution in [2.24, 2.45) is 0 Å². The normalized spacial score (nSPS) is 16.4. The summed E-state index contributed by atoms with van der Waals surface area (Å²) in [6, 6.07) is 8.44. The van der Waals surface area contributed by atoms with Crippen molar-refractivity contribution in [2.45, 2.75) is 31.6 Å². The van der Waals surface area contributed by atoms with Crippen LogP contribution in [0.25, 0.3) is 21.5 Å². The summed E-state index contributed by atoms with van der Waals surface area (Å²) in [5.74, 6) is 2.51. The lowest BCUT2D eigenvalue weighted by Crippen LogP contribution is -1.94. The lowest BCUT2D eigenvalue weighted by atomic mass is 10.1. The SMILES string of the molecule is c1ccc2c(-c3n[nH]c(C4CCCC4)n3)csc2c1. The van der Waals surface area contributed by atoms with Crippen LogP contribution in [0.15, 0.2) is 29.6 Å². The maximum absolute atomic E-state index is 4.72. The molecule has 3 nitrogen and oxygen atoms in total. The third kappa shape index (κ3) is 1.87. The lowest BCUT2D eigenvalue weighted by Gasteiger charge is -2.01. The van der Waals surface area contributed by atoms with Crippen molar-refractivity contribution in [3.05, 3.63) is 35.5 Å². The van der Waals surface area contributed by atoms with E-state index >= 15 is 0 Å². The number of aromatic amines is 1. The van der Waals surface area contributed by atoms with E-state index in [0.29, 0.717) is 5.92 Å². The molecule has 0 spiro atoms. The van der Waals surface area contributed by atoms with Crippen LogP contribution in [0.3, 0.4) is 0 Å². The summed E-state index contributed by atoms with van der Waals surface area (Å²) < 4.78 is 1.30. The topological polar surface area (TPSA) is 41.6 Å². The molecule has 0 radical (unpaired) electrons. The molecule has 0 atom stereocenters. The molecule has 3 aromatic rings. The third-order valence-corrected chi connectivity index (χ3v) is 4.93. The molecule has 1 saturated carbocycles. The number of thiophene rings is 1. The molecule has 0 unspecified atom stereocenters. The fourth-order valence-corrected chi connectivity index (χ4v) is 3.87. The number of aromatic nitrogens is 3. The van der Waals surface area contributed by atoms with E-state index in [2.05, 4.69) is 39.8 Å². The Balaban J connectivity index is 1.76. The Bertz CT molecular complexity index is 707. The van der Waals surface area contributed by atoms with Gasteiger partial charge in [0.1, 0.15) is 5.82 Å². The fraction of sp³-hybridized carbons (Fsp3) is 0.333. The Morgan fingerprint density at radius 3 is 2.89 bits per heavy atom. The van der Waals surface area contributed by atoms with Gasteiger partial charge in [-0.25, -0.2) is 4.98 Å². The van der Waals surface area contributed by atoms with Crippen LogP contribution < -0.4 is 0 Å². The first kappa shape index (κ1) is 11.2. The van der Waals surface area contributed by atoms with Crippen LogP contribution in [0.4, 0.5) is 0 Å². The van der Waals surface area contributed by atoms with Crippen LogP contribution in [0, 0.1) is 0 Å². The molecule has 2 heterocycles. The van der Waals surface area contributed by atoms with Gasteiger partial charge in [0.15, 0.2) is 5.82 Å². The highest BCUT2D eigenvalue weighted by Gasteiger charge is 2.21. The molecule has 1 N–H and O–H groups in total.